The van der Waals surface area contributed by atoms with Crippen molar-refractivity contribution in [3.63, 3.8) is 0 Å². The van der Waals surface area contributed by atoms with Crippen LogP contribution in [0.4, 0.5) is 0 Å². The minimum Gasteiger partial charge on any atom is -0.352 e. The number of carbonyl (C=O) groups is 1. The maximum absolute atomic E-state index is 13.1. The van der Waals surface area contributed by atoms with E-state index in [1.165, 1.54) is 11.8 Å². The molecule has 5 nitrogen and oxygen atoms in total. The molecule has 2 fully saturated rings. The van der Waals surface area contributed by atoms with Crippen LogP contribution in [-0.2, 0) is 4.79 Å². The molecule has 2 saturated carbocycles. The average molecular weight is 357 g/mol. The molecule has 0 saturated heterocycles. The molecule has 132 valence electrons. The van der Waals surface area contributed by atoms with Gasteiger partial charge in [0.05, 0.1) is 16.2 Å². The number of nitrogens with one attached hydrogen (secondary N) is 1. The quantitative estimate of drug-likeness (QED) is 0.659. The lowest BCUT2D eigenvalue weighted by atomic mass is 10.2. The third kappa shape index (κ3) is 3.45. The maximum Gasteiger partial charge on any atom is 0.262 e. The van der Waals surface area contributed by atoms with E-state index < -0.39 is 0 Å². The van der Waals surface area contributed by atoms with Crippen LogP contribution in [0.5, 0.6) is 0 Å². The van der Waals surface area contributed by atoms with Gasteiger partial charge in [-0.05, 0) is 44.7 Å². The van der Waals surface area contributed by atoms with Gasteiger partial charge in [-0.15, -0.1) is 0 Å². The second-order valence-electron chi connectivity index (χ2n) is 7.07. The first kappa shape index (κ1) is 16.6. The molecule has 2 aliphatic rings. The zero-order valence-electron chi connectivity index (χ0n) is 14.4. The van der Waals surface area contributed by atoms with Crippen LogP contribution in [0.25, 0.3) is 10.9 Å². The summed E-state index contributed by atoms with van der Waals surface area (Å²) in [4.78, 5) is 30.2. The highest BCUT2D eigenvalue weighted by atomic mass is 32.2. The van der Waals surface area contributed by atoms with Crippen molar-refractivity contribution in [2.24, 2.45) is 0 Å². The lowest BCUT2D eigenvalue weighted by molar-refractivity contribution is -0.120. The molecule has 2 aromatic rings. The Labute approximate surface area is 151 Å². The third-order valence-electron chi connectivity index (χ3n) is 5.04. The van der Waals surface area contributed by atoms with E-state index in [-0.39, 0.29) is 22.8 Å². The monoisotopic (exact) mass is 357 g/mol. The highest BCUT2D eigenvalue weighted by Gasteiger charge is 2.28. The van der Waals surface area contributed by atoms with Crippen LogP contribution in [0.2, 0.25) is 0 Å². The molecule has 4 rings (SSSR count). The van der Waals surface area contributed by atoms with Crippen LogP contribution in [0, 0.1) is 0 Å². The maximum atomic E-state index is 13.1. The van der Waals surface area contributed by atoms with E-state index in [9.17, 15) is 9.59 Å². The Bertz CT molecular complexity index is 853. The molecule has 0 aliphatic heterocycles. The van der Waals surface area contributed by atoms with Crippen molar-refractivity contribution in [1.29, 1.82) is 0 Å². The SMILES string of the molecule is C[C@@H](Sc1nc2ccccc2c(=O)n1C1CCCC1)C(=O)NC1CC1. The van der Waals surface area contributed by atoms with Gasteiger partial charge in [-0.1, -0.05) is 36.7 Å². The van der Waals surface area contributed by atoms with E-state index in [1.54, 1.807) is 0 Å². The first-order chi connectivity index (χ1) is 12.1. The number of hydrogen-bond acceptors (Lipinski definition) is 4. The predicted octanol–water partition coefficient (Wildman–Crippen LogP) is 3.27. The smallest absolute Gasteiger partial charge is 0.262 e. The molecule has 0 bridgehead atoms. The third-order valence-corrected chi connectivity index (χ3v) is 6.11. The number of nitrogens with zero attached hydrogens (tertiary/aromatic N) is 2. The van der Waals surface area contributed by atoms with Crippen LogP contribution in [-0.4, -0.2) is 26.8 Å². The summed E-state index contributed by atoms with van der Waals surface area (Å²) in [5.74, 6) is 0.0351. The molecular weight excluding hydrogens is 334 g/mol. The first-order valence-corrected chi connectivity index (χ1v) is 10.00. The van der Waals surface area contributed by atoms with Gasteiger partial charge in [-0.2, -0.15) is 0 Å². The zero-order valence-corrected chi connectivity index (χ0v) is 15.2. The Morgan fingerprint density at radius 1 is 1.24 bits per heavy atom. The van der Waals surface area contributed by atoms with E-state index in [1.807, 2.05) is 35.8 Å². The van der Waals surface area contributed by atoms with E-state index in [2.05, 4.69) is 5.32 Å². The molecule has 1 aromatic heterocycles. The van der Waals surface area contributed by atoms with Gasteiger partial charge in [0.1, 0.15) is 0 Å². The Kier molecular flexibility index (Phi) is 4.54. The van der Waals surface area contributed by atoms with Crippen LogP contribution < -0.4 is 10.9 Å². The summed E-state index contributed by atoms with van der Waals surface area (Å²) >= 11 is 1.40. The van der Waals surface area contributed by atoms with Crippen molar-refractivity contribution in [1.82, 2.24) is 14.9 Å². The van der Waals surface area contributed by atoms with Crippen LogP contribution >= 0.6 is 11.8 Å². The number of carbonyl (C=O) groups excluding carboxylic acids is 1. The highest BCUT2D eigenvalue weighted by molar-refractivity contribution is 8.00. The number of para-hydroxylation sites is 1. The predicted molar refractivity (Wildman–Crippen MR) is 100.0 cm³/mol. The molecule has 1 aromatic carbocycles. The van der Waals surface area contributed by atoms with Crippen LogP contribution in [0.15, 0.2) is 34.2 Å². The second-order valence-corrected chi connectivity index (χ2v) is 8.38. The standard InChI is InChI=1S/C19H23N3O2S/c1-12(17(23)20-13-10-11-13)25-19-21-16-9-5-4-8-15(16)18(24)22(19)14-6-2-3-7-14/h4-5,8-9,12-14H,2-3,6-7,10-11H2,1H3,(H,20,23)/t12-/m1/s1. The number of thioether (sulfide) groups is 1. The molecule has 1 atom stereocenters. The van der Waals surface area contributed by atoms with Gasteiger partial charge in [0.25, 0.3) is 5.56 Å². The molecule has 0 spiro atoms. The van der Waals surface area contributed by atoms with Gasteiger partial charge in [-0.25, -0.2) is 4.98 Å². The minimum absolute atomic E-state index is 0.0230. The van der Waals surface area contributed by atoms with E-state index >= 15 is 0 Å². The molecule has 25 heavy (non-hydrogen) atoms. The molecule has 6 heteroatoms. The average Bonchev–Trinajstić information content (AvgIpc) is 3.26. The number of hydrogen-bond donors (Lipinski definition) is 1. The fraction of sp³-hybridized carbons (Fsp3) is 0.526. The van der Waals surface area contributed by atoms with Gasteiger partial charge in [-0.3, -0.25) is 14.2 Å². The zero-order chi connectivity index (χ0) is 17.4. The van der Waals surface area contributed by atoms with Crippen molar-refractivity contribution in [3.8, 4) is 0 Å². The molecule has 0 unspecified atom stereocenters. The van der Waals surface area contributed by atoms with Gasteiger partial charge in [0, 0.05) is 12.1 Å². The Morgan fingerprint density at radius 3 is 2.68 bits per heavy atom. The summed E-state index contributed by atoms with van der Waals surface area (Å²) in [6.07, 6.45) is 6.46. The summed E-state index contributed by atoms with van der Waals surface area (Å²) in [6, 6.07) is 8.03. The molecule has 0 radical (unpaired) electrons. The van der Waals surface area contributed by atoms with Gasteiger partial charge in [0.2, 0.25) is 5.91 Å². The van der Waals surface area contributed by atoms with E-state index in [0.29, 0.717) is 22.1 Å². The van der Waals surface area contributed by atoms with Gasteiger partial charge >= 0.3 is 0 Å². The summed E-state index contributed by atoms with van der Waals surface area (Å²) < 4.78 is 1.85. The van der Waals surface area contributed by atoms with Gasteiger partial charge < -0.3 is 5.32 Å². The number of aromatic nitrogens is 2. The summed E-state index contributed by atoms with van der Waals surface area (Å²) in [5.41, 5.74) is 0.730. The van der Waals surface area contributed by atoms with Crippen molar-refractivity contribution in [2.45, 2.75) is 67.9 Å². The number of fused-ring (bicyclic) bond motifs is 1. The summed E-state index contributed by atoms with van der Waals surface area (Å²) in [7, 11) is 0. The Morgan fingerprint density at radius 2 is 1.96 bits per heavy atom. The minimum atomic E-state index is -0.263. The molecule has 1 heterocycles. The molecule has 1 amide bonds. The summed E-state index contributed by atoms with van der Waals surface area (Å²) in [5, 5.41) is 4.11. The molecule has 1 N–H and O–H groups in total. The number of benzene rings is 1. The van der Waals surface area contributed by atoms with Crippen molar-refractivity contribution < 1.29 is 4.79 Å². The van der Waals surface area contributed by atoms with Crippen molar-refractivity contribution >= 4 is 28.6 Å². The Hall–Kier alpha value is -1.82. The van der Waals surface area contributed by atoms with Crippen molar-refractivity contribution in [2.75, 3.05) is 0 Å². The van der Waals surface area contributed by atoms with Crippen LogP contribution in [0.3, 0.4) is 0 Å². The second kappa shape index (κ2) is 6.83. The Balaban J connectivity index is 1.71. The van der Waals surface area contributed by atoms with Gasteiger partial charge in [0.15, 0.2) is 5.16 Å². The lowest BCUT2D eigenvalue weighted by Crippen LogP contribution is -2.33. The molecule has 2 aliphatic carbocycles. The highest BCUT2D eigenvalue weighted by Crippen LogP contribution is 2.33. The lowest BCUT2D eigenvalue weighted by Gasteiger charge is -2.20. The first-order valence-electron chi connectivity index (χ1n) is 9.12. The van der Waals surface area contributed by atoms with Crippen LogP contribution in [0.1, 0.15) is 51.5 Å². The number of rotatable bonds is 5. The summed E-state index contributed by atoms with van der Waals surface area (Å²) in [6.45, 7) is 1.89. The van der Waals surface area contributed by atoms with E-state index in [4.69, 9.17) is 4.98 Å². The molecular formula is C19H23N3O2S. The number of amides is 1. The largest absolute Gasteiger partial charge is 0.352 e. The van der Waals surface area contributed by atoms with E-state index in [0.717, 1.165) is 38.5 Å². The topological polar surface area (TPSA) is 64.0 Å². The fourth-order valence-electron chi connectivity index (χ4n) is 3.45. The normalized spacial score (nSPS) is 19.2. The fourth-order valence-corrected chi connectivity index (χ4v) is 4.44. The van der Waals surface area contributed by atoms with Crippen molar-refractivity contribution in [3.05, 3.63) is 34.6 Å².